The van der Waals surface area contributed by atoms with E-state index in [1.807, 2.05) is 0 Å². The number of nitrogens with one attached hydrogen (secondary N) is 1. The highest BCUT2D eigenvalue weighted by Crippen LogP contribution is 2.34. The van der Waals surface area contributed by atoms with Crippen LogP contribution in [0.5, 0.6) is 0 Å². The van der Waals surface area contributed by atoms with Gasteiger partial charge in [0, 0.05) is 13.5 Å². The average Bonchev–Trinajstić information content (AvgIpc) is 2.98. The zero-order chi connectivity index (χ0) is 35.8. The van der Waals surface area contributed by atoms with Crippen LogP contribution < -0.4 is 5.32 Å². The first-order valence-electron chi connectivity index (χ1n) is 16.5. The van der Waals surface area contributed by atoms with Gasteiger partial charge < -0.3 is 79.0 Å². The fourth-order valence-corrected chi connectivity index (χ4v) is 6.54. The molecule has 48 heavy (non-hydrogen) atoms. The lowest BCUT2D eigenvalue weighted by molar-refractivity contribution is -0.377. The molecule has 0 aromatic carbocycles. The van der Waals surface area contributed by atoms with Crippen LogP contribution in [0.25, 0.3) is 0 Å². The molecule has 17 heteroatoms. The van der Waals surface area contributed by atoms with E-state index in [1.165, 1.54) is 27.9 Å². The molecule has 0 radical (unpaired) electrons. The lowest BCUT2D eigenvalue weighted by Crippen LogP contribution is -2.67. The van der Waals surface area contributed by atoms with E-state index in [9.17, 15) is 40.5 Å². The second-order valence-corrected chi connectivity index (χ2v) is 14.1. The molecule has 280 valence electrons. The summed E-state index contributed by atoms with van der Waals surface area (Å²) >= 11 is 0. The molecule has 0 bridgehead atoms. The van der Waals surface area contributed by atoms with E-state index in [0.29, 0.717) is 0 Å². The Morgan fingerprint density at radius 2 is 1.17 bits per heavy atom. The third-order valence-corrected chi connectivity index (χ3v) is 9.44. The highest BCUT2D eigenvalue weighted by Gasteiger charge is 2.53. The van der Waals surface area contributed by atoms with E-state index in [4.69, 9.17) is 37.9 Å². The van der Waals surface area contributed by atoms with Gasteiger partial charge >= 0.3 is 0 Å². The zero-order valence-electron chi connectivity index (χ0n) is 28.7. The maximum absolute atomic E-state index is 12.5. The molecular formula is C31H55NO16. The van der Waals surface area contributed by atoms with Crippen molar-refractivity contribution in [2.24, 2.45) is 0 Å². The van der Waals surface area contributed by atoms with Crippen LogP contribution >= 0.6 is 0 Å². The molecule has 4 saturated heterocycles. The van der Waals surface area contributed by atoms with E-state index < -0.39 is 128 Å². The number of methoxy groups -OCH3 is 1. The number of aliphatic hydroxyl groups excluding tert-OH is 6. The van der Waals surface area contributed by atoms with Crippen molar-refractivity contribution in [3.05, 3.63) is 0 Å². The monoisotopic (exact) mass is 697 g/mol. The lowest BCUT2D eigenvalue weighted by atomic mass is 9.94. The predicted octanol–water partition coefficient (Wildman–Crippen LogP) is -2.60. The van der Waals surface area contributed by atoms with E-state index in [0.717, 1.165) is 0 Å². The summed E-state index contributed by atoms with van der Waals surface area (Å²) in [6, 6.07) is -0.937. The van der Waals surface area contributed by atoms with Gasteiger partial charge in [0.2, 0.25) is 5.91 Å². The Hall–Kier alpha value is -1.13. The first kappa shape index (κ1) is 39.7. The van der Waals surface area contributed by atoms with Crippen molar-refractivity contribution in [1.29, 1.82) is 0 Å². The third kappa shape index (κ3) is 9.02. The molecule has 0 saturated carbocycles. The Labute approximate surface area is 280 Å². The van der Waals surface area contributed by atoms with Crippen LogP contribution in [0.2, 0.25) is 0 Å². The second-order valence-electron chi connectivity index (χ2n) is 14.1. The van der Waals surface area contributed by atoms with Crippen molar-refractivity contribution in [1.82, 2.24) is 5.32 Å². The van der Waals surface area contributed by atoms with Crippen molar-refractivity contribution in [3.8, 4) is 0 Å². The Bertz CT molecular complexity index is 1050. The van der Waals surface area contributed by atoms with Crippen molar-refractivity contribution in [2.75, 3.05) is 7.11 Å². The Kier molecular flexibility index (Phi) is 13.3. The first-order valence-corrected chi connectivity index (χ1v) is 16.5. The number of aliphatic hydroxyl groups is 7. The quantitative estimate of drug-likeness (QED) is 0.117. The van der Waals surface area contributed by atoms with Crippen LogP contribution in [-0.2, 0) is 42.7 Å². The summed E-state index contributed by atoms with van der Waals surface area (Å²) < 4.78 is 46.6. The number of hydrogen-bond acceptors (Lipinski definition) is 16. The van der Waals surface area contributed by atoms with Crippen LogP contribution in [-0.4, -0.2) is 171 Å². The molecule has 0 aromatic rings. The van der Waals surface area contributed by atoms with Gasteiger partial charge in [0.25, 0.3) is 0 Å². The molecular weight excluding hydrogens is 642 g/mol. The highest BCUT2D eigenvalue weighted by molar-refractivity contribution is 5.77. The molecule has 0 aromatic heterocycles. The van der Waals surface area contributed by atoms with E-state index in [1.54, 1.807) is 27.7 Å². The molecule has 4 heterocycles. The minimum atomic E-state index is -1.70. The molecule has 4 fully saturated rings. The number of hydrogen-bond donors (Lipinski definition) is 8. The van der Waals surface area contributed by atoms with E-state index in [-0.39, 0.29) is 12.8 Å². The maximum atomic E-state index is 12.5. The molecule has 4 aliphatic rings. The summed E-state index contributed by atoms with van der Waals surface area (Å²) in [5.74, 6) is -0.520. The van der Waals surface area contributed by atoms with Gasteiger partial charge in [-0.3, -0.25) is 4.79 Å². The summed E-state index contributed by atoms with van der Waals surface area (Å²) in [5, 5.41) is 78.6. The van der Waals surface area contributed by atoms with Crippen LogP contribution in [0.15, 0.2) is 0 Å². The average molecular weight is 698 g/mol. The summed E-state index contributed by atoms with van der Waals surface area (Å²) in [6.45, 7) is 11.1. The van der Waals surface area contributed by atoms with Crippen LogP contribution in [0.3, 0.4) is 0 Å². The summed E-state index contributed by atoms with van der Waals surface area (Å²) in [7, 11) is 1.29. The van der Waals surface area contributed by atoms with Crippen molar-refractivity contribution in [2.45, 2.75) is 183 Å². The summed E-state index contributed by atoms with van der Waals surface area (Å²) in [5.41, 5.74) is -1.28. The first-order chi connectivity index (χ1) is 22.3. The minimum Gasteiger partial charge on any atom is -0.390 e. The van der Waals surface area contributed by atoms with Crippen LogP contribution in [0.4, 0.5) is 0 Å². The number of rotatable bonds is 10. The van der Waals surface area contributed by atoms with Gasteiger partial charge in [-0.05, 0) is 48.5 Å². The van der Waals surface area contributed by atoms with Crippen molar-refractivity contribution < 1.29 is 78.4 Å². The lowest BCUT2D eigenvalue weighted by Gasteiger charge is -2.49. The highest BCUT2D eigenvalue weighted by atomic mass is 16.8. The van der Waals surface area contributed by atoms with Gasteiger partial charge in [-0.15, -0.1) is 0 Å². The standard InChI is InChI=1S/C31H55NO16/c1-11-16(33)9-17(12(2)42-11)46-28-23(38)25(20(35)14(4)44-28)47-29-24(39)26(21(36)15(5)45-29)48-30-27(41-8)22(37)19(13(3)43-30)32-18(34)10-31(6,7)40/h11-17,19-30,33,35-40H,9-10H2,1-8H3,(H,32,34)/t11?,12?,13?,14?,15?,16-,17?,19-,20+,21+,22+,23?,24?,25+,26+,27?,28+,29+,30+/m1/s1. The fraction of sp³-hybridized carbons (Fsp3) is 0.968. The SMILES string of the molecule is COC1[C@H](O[C@@H]2C(O)[C@H](O[C@@H]3C(O)[C@H](OC4C[C@@H](O)C(C)OC4C)OC(C)[C@@H]3O)OC(C)[C@@H]2O)OC(C)[C@@H](NC(=O)CC(C)(C)O)[C@@H]1O. The number of carbonyl (C=O) groups is 1. The molecule has 0 aliphatic carbocycles. The molecule has 9 unspecified atom stereocenters. The summed E-state index contributed by atoms with van der Waals surface area (Å²) in [6.07, 6.45) is -20.5. The maximum Gasteiger partial charge on any atom is 0.223 e. The topological polar surface area (TPSA) is 245 Å². The molecule has 4 rings (SSSR count). The smallest absolute Gasteiger partial charge is 0.223 e. The van der Waals surface area contributed by atoms with Crippen molar-refractivity contribution >= 4 is 5.91 Å². The predicted molar refractivity (Wildman–Crippen MR) is 162 cm³/mol. The third-order valence-electron chi connectivity index (χ3n) is 9.44. The molecule has 19 atom stereocenters. The van der Waals surface area contributed by atoms with E-state index in [2.05, 4.69) is 5.32 Å². The van der Waals surface area contributed by atoms with Gasteiger partial charge in [0.05, 0.1) is 60.8 Å². The van der Waals surface area contributed by atoms with Gasteiger partial charge in [-0.25, -0.2) is 0 Å². The fourth-order valence-electron chi connectivity index (χ4n) is 6.54. The van der Waals surface area contributed by atoms with E-state index >= 15 is 0 Å². The normalized spacial score (nSPS) is 49.0. The largest absolute Gasteiger partial charge is 0.390 e. The molecule has 4 aliphatic heterocycles. The minimum absolute atomic E-state index is 0.223. The molecule has 1 amide bonds. The molecule has 8 N–H and O–H groups in total. The van der Waals surface area contributed by atoms with Gasteiger partial charge in [-0.2, -0.15) is 0 Å². The number of amides is 1. The Balaban J connectivity index is 1.45. The second kappa shape index (κ2) is 16.0. The number of carbonyl (C=O) groups excluding carboxylic acids is 1. The Morgan fingerprint density at radius 3 is 1.69 bits per heavy atom. The Morgan fingerprint density at radius 1 is 0.667 bits per heavy atom. The van der Waals surface area contributed by atoms with Crippen molar-refractivity contribution in [3.63, 3.8) is 0 Å². The molecule has 0 spiro atoms. The summed E-state index contributed by atoms with van der Waals surface area (Å²) in [4.78, 5) is 12.5. The zero-order valence-corrected chi connectivity index (χ0v) is 28.7. The van der Waals surface area contributed by atoms with Gasteiger partial charge in [-0.1, -0.05) is 0 Å². The number of ether oxygens (including phenoxy) is 8. The van der Waals surface area contributed by atoms with Crippen LogP contribution in [0, 0.1) is 0 Å². The van der Waals surface area contributed by atoms with Gasteiger partial charge in [0.1, 0.15) is 48.8 Å². The van der Waals surface area contributed by atoms with Gasteiger partial charge in [0.15, 0.2) is 18.9 Å². The van der Waals surface area contributed by atoms with Crippen LogP contribution in [0.1, 0.15) is 61.3 Å². The molecule has 17 nitrogen and oxygen atoms in total.